The monoisotopic (exact) mass is 438 g/mol. The number of halogens is 2. The number of para-hydroxylation sites is 1. The Kier molecular flexibility index (Phi) is 8.61. The fourth-order valence-electron chi connectivity index (χ4n) is 2.79. The zero-order valence-corrected chi connectivity index (χ0v) is 18.1. The summed E-state index contributed by atoms with van der Waals surface area (Å²) in [5.74, 6) is 0.762. The first-order valence-corrected chi connectivity index (χ1v) is 9.87. The van der Waals surface area contributed by atoms with E-state index in [0.717, 1.165) is 5.56 Å². The molecule has 0 aromatic heterocycles. The minimum atomic E-state index is -0.360. The summed E-state index contributed by atoms with van der Waals surface area (Å²) in [4.78, 5) is 26.4. The topological polar surface area (TPSA) is 67.9 Å². The lowest BCUT2D eigenvalue weighted by Gasteiger charge is -2.21. The highest BCUT2D eigenvalue weighted by molar-refractivity contribution is 6.39. The van der Waals surface area contributed by atoms with Gasteiger partial charge in [0.25, 0.3) is 0 Å². The molecule has 0 atom stereocenters. The van der Waals surface area contributed by atoms with Gasteiger partial charge in [-0.05, 0) is 43.2 Å². The van der Waals surface area contributed by atoms with E-state index in [2.05, 4.69) is 5.32 Å². The van der Waals surface area contributed by atoms with E-state index in [1.165, 1.54) is 4.90 Å². The van der Waals surface area contributed by atoms with Crippen LogP contribution in [0.15, 0.2) is 36.4 Å². The van der Waals surface area contributed by atoms with E-state index in [4.69, 9.17) is 32.7 Å². The van der Waals surface area contributed by atoms with Crippen LogP contribution in [0, 0.1) is 0 Å². The van der Waals surface area contributed by atoms with Crippen molar-refractivity contribution >= 4 is 40.7 Å². The molecule has 29 heavy (non-hydrogen) atoms. The molecule has 156 valence electrons. The Morgan fingerprint density at radius 1 is 1.03 bits per heavy atom. The summed E-state index contributed by atoms with van der Waals surface area (Å²) in [5, 5.41) is 3.36. The predicted octanol–water partition coefficient (Wildman–Crippen LogP) is 4.43. The lowest BCUT2D eigenvalue weighted by atomic mass is 10.1. The van der Waals surface area contributed by atoms with Crippen molar-refractivity contribution in [3.63, 3.8) is 0 Å². The van der Waals surface area contributed by atoms with E-state index in [1.54, 1.807) is 38.5 Å². The van der Waals surface area contributed by atoms with E-state index in [-0.39, 0.29) is 24.8 Å². The molecule has 0 aliphatic carbocycles. The fraction of sp³-hybridized carbons (Fsp3) is 0.333. The number of carbonyl (C=O) groups excluding carboxylic acids is 2. The third kappa shape index (κ3) is 6.27. The van der Waals surface area contributed by atoms with Gasteiger partial charge in [0.05, 0.1) is 36.5 Å². The van der Waals surface area contributed by atoms with Crippen LogP contribution in [-0.2, 0) is 16.0 Å². The summed E-state index contributed by atoms with van der Waals surface area (Å²) in [6.45, 7) is 2.15. The standard InChI is InChI=1S/C21H24Cl2N2O4/c1-4-25(13-19(26)24-21-15(22)6-5-7-16(21)23)20(27)11-9-14-8-10-17(28-2)18(12-14)29-3/h5-8,10,12H,4,9,11,13H2,1-3H3,(H,24,26). The molecule has 2 aromatic rings. The van der Waals surface area contributed by atoms with E-state index >= 15 is 0 Å². The number of benzene rings is 2. The van der Waals surface area contributed by atoms with Crippen LogP contribution in [0.4, 0.5) is 5.69 Å². The normalized spacial score (nSPS) is 10.4. The molecule has 0 spiro atoms. The largest absolute Gasteiger partial charge is 0.493 e. The van der Waals surface area contributed by atoms with Gasteiger partial charge in [0.15, 0.2) is 11.5 Å². The Labute approximate surface area is 180 Å². The molecule has 2 amide bonds. The lowest BCUT2D eigenvalue weighted by Crippen LogP contribution is -2.38. The van der Waals surface area contributed by atoms with Crippen molar-refractivity contribution in [2.24, 2.45) is 0 Å². The Morgan fingerprint density at radius 2 is 1.69 bits per heavy atom. The van der Waals surface area contributed by atoms with Crippen LogP contribution >= 0.6 is 23.2 Å². The number of amides is 2. The maximum atomic E-state index is 12.6. The second kappa shape index (κ2) is 10.9. The number of ether oxygens (including phenoxy) is 2. The molecule has 0 saturated carbocycles. The van der Waals surface area contributed by atoms with Crippen LogP contribution < -0.4 is 14.8 Å². The molecular weight excluding hydrogens is 415 g/mol. The number of aryl methyl sites for hydroxylation is 1. The minimum Gasteiger partial charge on any atom is -0.493 e. The number of likely N-dealkylation sites (N-methyl/N-ethyl adjacent to an activating group) is 1. The van der Waals surface area contributed by atoms with E-state index in [9.17, 15) is 9.59 Å². The number of anilines is 1. The minimum absolute atomic E-state index is 0.0805. The molecule has 2 aromatic carbocycles. The zero-order valence-electron chi connectivity index (χ0n) is 16.6. The number of rotatable bonds is 9. The summed E-state index contributed by atoms with van der Waals surface area (Å²) in [6, 6.07) is 10.5. The quantitative estimate of drug-likeness (QED) is 0.628. The number of nitrogens with one attached hydrogen (secondary N) is 1. The molecule has 6 nitrogen and oxygen atoms in total. The molecule has 0 fully saturated rings. The molecule has 0 heterocycles. The van der Waals surface area contributed by atoms with E-state index in [0.29, 0.717) is 40.2 Å². The Morgan fingerprint density at radius 3 is 2.28 bits per heavy atom. The van der Waals surface area contributed by atoms with Crippen molar-refractivity contribution < 1.29 is 19.1 Å². The van der Waals surface area contributed by atoms with E-state index < -0.39 is 0 Å². The average Bonchev–Trinajstić information content (AvgIpc) is 2.72. The van der Waals surface area contributed by atoms with Crippen LogP contribution in [0.1, 0.15) is 18.9 Å². The molecule has 0 radical (unpaired) electrons. The summed E-state index contributed by atoms with van der Waals surface area (Å²) >= 11 is 12.1. The highest BCUT2D eigenvalue weighted by atomic mass is 35.5. The molecule has 2 rings (SSSR count). The van der Waals surface area contributed by atoms with Gasteiger partial charge in [-0.1, -0.05) is 35.3 Å². The summed E-state index contributed by atoms with van der Waals surface area (Å²) < 4.78 is 10.5. The molecule has 0 aliphatic heterocycles. The van der Waals surface area contributed by atoms with Gasteiger partial charge in [-0.15, -0.1) is 0 Å². The van der Waals surface area contributed by atoms with Crippen LogP contribution in [0.2, 0.25) is 10.0 Å². The van der Waals surface area contributed by atoms with Gasteiger partial charge in [-0.2, -0.15) is 0 Å². The highest BCUT2D eigenvalue weighted by Gasteiger charge is 2.17. The Balaban J connectivity index is 1.95. The first-order chi connectivity index (χ1) is 13.9. The molecule has 0 aliphatic rings. The highest BCUT2D eigenvalue weighted by Crippen LogP contribution is 2.30. The number of hydrogen-bond donors (Lipinski definition) is 1. The average molecular weight is 439 g/mol. The molecule has 8 heteroatoms. The van der Waals surface area contributed by atoms with Crippen molar-refractivity contribution in [3.05, 3.63) is 52.0 Å². The lowest BCUT2D eigenvalue weighted by molar-refractivity contribution is -0.134. The van der Waals surface area contributed by atoms with Gasteiger partial charge in [-0.3, -0.25) is 9.59 Å². The van der Waals surface area contributed by atoms with Gasteiger partial charge < -0.3 is 19.7 Å². The van der Waals surface area contributed by atoms with Gasteiger partial charge in [0.1, 0.15) is 0 Å². The van der Waals surface area contributed by atoms with Crippen LogP contribution in [0.5, 0.6) is 11.5 Å². The van der Waals surface area contributed by atoms with Crippen LogP contribution in [0.25, 0.3) is 0 Å². The van der Waals surface area contributed by atoms with Gasteiger partial charge in [-0.25, -0.2) is 0 Å². The Bertz CT molecular complexity index is 854. The Hall–Kier alpha value is -2.44. The number of nitrogens with zero attached hydrogens (tertiary/aromatic N) is 1. The fourth-order valence-corrected chi connectivity index (χ4v) is 3.28. The zero-order chi connectivity index (χ0) is 21.4. The number of hydrogen-bond acceptors (Lipinski definition) is 4. The second-order valence-electron chi connectivity index (χ2n) is 6.24. The van der Waals surface area contributed by atoms with E-state index in [1.807, 2.05) is 19.1 Å². The maximum Gasteiger partial charge on any atom is 0.244 e. The van der Waals surface area contributed by atoms with Crippen molar-refractivity contribution in [1.82, 2.24) is 4.90 Å². The molecule has 0 unspecified atom stereocenters. The number of methoxy groups -OCH3 is 2. The van der Waals surface area contributed by atoms with Crippen LogP contribution in [0.3, 0.4) is 0 Å². The molecular formula is C21H24Cl2N2O4. The SMILES string of the molecule is CCN(CC(=O)Nc1c(Cl)cccc1Cl)C(=O)CCc1ccc(OC)c(OC)c1. The summed E-state index contributed by atoms with van der Waals surface area (Å²) in [5.41, 5.74) is 1.29. The summed E-state index contributed by atoms with van der Waals surface area (Å²) in [7, 11) is 3.14. The van der Waals surface area contributed by atoms with Gasteiger partial charge >= 0.3 is 0 Å². The van der Waals surface area contributed by atoms with Crippen molar-refractivity contribution in [3.8, 4) is 11.5 Å². The second-order valence-corrected chi connectivity index (χ2v) is 7.06. The number of carbonyl (C=O) groups is 2. The first kappa shape index (κ1) is 22.8. The van der Waals surface area contributed by atoms with Crippen LogP contribution in [-0.4, -0.2) is 44.0 Å². The maximum absolute atomic E-state index is 12.6. The third-order valence-electron chi connectivity index (χ3n) is 4.37. The van der Waals surface area contributed by atoms with Crippen molar-refractivity contribution in [2.75, 3.05) is 32.6 Å². The first-order valence-electron chi connectivity index (χ1n) is 9.12. The van der Waals surface area contributed by atoms with Gasteiger partial charge in [0, 0.05) is 13.0 Å². The third-order valence-corrected chi connectivity index (χ3v) is 5.00. The van der Waals surface area contributed by atoms with Gasteiger partial charge in [0.2, 0.25) is 11.8 Å². The molecule has 0 bridgehead atoms. The smallest absolute Gasteiger partial charge is 0.244 e. The molecule has 0 saturated heterocycles. The van der Waals surface area contributed by atoms with Crippen molar-refractivity contribution in [1.29, 1.82) is 0 Å². The summed E-state index contributed by atoms with van der Waals surface area (Å²) in [6.07, 6.45) is 0.789. The molecule has 1 N–H and O–H groups in total. The predicted molar refractivity (Wildman–Crippen MR) is 115 cm³/mol. The van der Waals surface area contributed by atoms with Crippen molar-refractivity contribution in [2.45, 2.75) is 19.8 Å².